The van der Waals surface area contributed by atoms with Gasteiger partial charge in [-0.3, -0.25) is 4.79 Å². The zero-order chi connectivity index (χ0) is 10.6. The summed E-state index contributed by atoms with van der Waals surface area (Å²) in [5.41, 5.74) is 0. The Hall–Kier alpha value is -0.570. The molecular formula is C11H21NO2. The SMILES string of the molecule is COC(=O)C(C)CN(C)CCC1CC1. The number of carbonyl (C=O) groups excluding carboxylic acids is 1. The molecule has 1 aliphatic rings. The van der Waals surface area contributed by atoms with Gasteiger partial charge in [0.15, 0.2) is 0 Å². The van der Waals surface area contributed by atoms with Gasteiger partial charge in [-0.2, -0.15) is 0 Å². The van der Waals surface area contributed by atoms with Crippen molar-refractivity contribution in [3.63, 3.8) is 0 Å². The molecule has 0 saturated heterocycles. The Morgan fingerprint density at radius 2 is 2.21 bits per heavy atom. The lowest BCUT2D eigenvalue weighted by molar-refractivity contribution is -0.145. The van der Waals surface area contributed by atoms with E-state index >= 15 is 0 Å². The summed E-state index contributed by atoms with van der Waals surface area (Å²) in [5, 5.41) is 0. The lowest BCUT2D eigenvalue weighted by atomic mass is 10.1. The van der Waals surface area contributed by atoms with Crippen LogP contribution < -0.4 is 0 Å². The lowest BCUT2D eigenvalue weighted by Crippen LogP contribution is -2.30. The van der Waals surface area contributed by atoms with Crippen LogP contribution in [0, 0.1) is 11.8 Å². The van der Waals surface area contributed by atoms with E-state index in [1.54, 1.807) is 0 Å². The molecule has 3 heteroatoms. The highest BCUT2D eigenvalue weighted by Gasteiger charge is 2.22. The molecule has 0 N–H and O–H groups in total. The number of ether oxygens (including phenoxy) is 1. The fourth-order valence-corrected chi connectivity index (χ4v) is 1.64. The van der Waals surface area contributed by atoms with Crippen molar-refractivity contribution >= 4 is 5.97 Å². The number of nitrogens with zero attached hydrogens (tertiary/aromatic N) is 1. The molecule has 0 aromatic carbocycles. The fraction of sp³-hybridized carbons (Fsp3) is 0.909. The van der Waals surface area contributed by atoms with Crippen molar-refractivity contribution in [3.05, 3.63) is 0 Å². The number of carbonyl (C=O) groups is 1. The van der Waals surface area contributed by atoms with Crippen LogP contribution in [0.25, 0.3) is 0 Å². The third-order valence-electron chi connectivity index (χ3n) is 2.81. The quantitative estimate of drug-likeness (QED) is 0.608. The van der Waals surface area contributed by atoms with E-state index in [1.807, 2.05) is 6.92 Å². The van der Waals surface area contributed by atoms with Crippen molar-refractivity contribution in [2.45, 2.75) is 26.2 Å². The van der Waals surface area contributed by atoms with E-state index in [2.05, 4.69) is 16.7 Å². The van der Waals surface area contributed by atoms with Crippen LogP contribution in [-0.2, 0) is 9.53 Å². The average molecular weight is 199 g/mol. The molecule has 1 atom stereocenters. The van der Waals surface area contributed by atoms with E-state index in [0.717, 1.165) is 19.0 Å². The lowest BCUT2D eigenvalue weighted by Gasteiger charge is -2.19. The molecule has 14 heavy (non-hydrogen) atoms. The maximum absolute atomic E-state index is 11.1. The molecule has 1 saturated carbocycles. The molecule has 0 amide bonds. The highest BCUT2D eigenvalue weighted by molar-refractivity contribution is 5.71. The molecule has 1 rings (SSSR count). The summed E-state index contributed by atoms with van der Waals surface area (Å²) in [7, 11) is 3.52. The molecule has 3 nitrogen and oxygen atoms in total. The van der Waals surface area contributed by atoms with Crippen molar-refractivity contribution < 1.29 is 9.53 Å². The van der Waals surface area contributed by atoms with E-state index in [0.29, 0.717) is 0 Å². The van der Waals surface area contributed by atoms with Crippen molar-refractivity contribution in [3.8, 4) is 0 Å². The molecule has 1 aliphatic carbocycles. The Balaban J connectivity index is 2.10. The molecule has 0 heterocycles. The molecule has 0 radical (unpaired) electrons. The van der Waals surface area contributed by atoms with Gasteiger partial charge in [0.05, 0.1) is 13.0 Å². The first-order valence-corrected chi connectivity index (χ1v) is 5.40. The summed E-state index contributed by atoms with van der Waals surface area (Å²) in [6.07, 6.45) is 4.09. The van der Waals surface area contributed by atoms with Crippen molar-refractivity contribution in [1.29, 1.82) is 0 Å². The summed E-state index contributed by atoms with van der Waals surface area (Å²) in [6.45, 7) is 3.82. The van der Waals surface area contributed by atoms with Gasteiger partial charge in [0.2, 0.25) is 0 Å². The molecule has 0 aromatic rings. The number of rotatable bonds is 6. The van der Waals surface area contributed by atoms with E-state index in [4.69, 9.17) is 0 Å². The zero-order valence-corrected chi connectivity index (χ0v) is 9.45. The fourth-order valence-electron chi connectivity index (χ4n) is 1.64. The van der Waals surface area contributed by atoms with Crippen LogP contribution in [-0.4, -0.2) is 38.1 Å². The van der Waals surface area contributed by atoms with E-state index in [9.17, 15) is 4.79 Å². The van der Waals surface area contributed by atoms with Gasteiger partial charge < -0.3 is 9.64 Å². The first-order chi connectivity index (χ1) is 6.63. The van der Waals surface area contributed by atoms with Gasteiger partial charge in [0.25, 0.3) is 0 Å². The summed E-state index contributed by atoms with van der Waals surface area (Å²) in [5.74, 6) is 0.846. The summed E-state index contributed by atoms with van der Waals surface area (Å²) in [4.78, 5) is 13.4. The summed E-state index contributed by atoms with van der Waals surface area (Å²) < 4.78 is 4.69. The molecule has 82 valence electrons. The second kappa shape index (κ2) is 5.35. The van der Waals surface area contributed by atoms with Crippen LogP contribution in [0.15, 0.2) is 0 Å². The number of esters is 1. The minimum Gasteiger partial charge on any atom is -0.469 e. The van der Waals surface area contributed by atoms with E-state index < -0.39 is 0 Å². The van der Waals surface area contributed by atoms with Gasteiger partial charge in [-0.15, -0.1) is 0 Å². The second-order valence-corrected chi connectivity index (χ2v) is 4.42. The number of hydrogen-bond donors (Lipinski definition) is 0. The predicted molar refractivity (Wildman–Crippen MR) is 56.0 cm³/mol. The zero-order valence-electron chi connectivity index (χ0n) is 9.45. The van der Waals surface area contributed by atoms with Gasteiger partial charge in [0.1, 0.15) is 0 Å². The maximum atomic E-state index is 11.1. The van der Waals surface area contributed by atoms with Crippen LogP contribution in [0.3, 0.4) is 0 Å². The highest BCUT2D eigenvalue weighted by Crippen LogP contribution is 2.32. The van der Waals surface area contributed by atoms with Crippen molar-refractivity contribution in [2.24, 2.45) is 11.8 Å². The predicted octanol–water partition coefficient (Wildman–Crippen LogP) is 1.53. The topological polar surface area (TPSA) is 29.5 Å². The van der Waals surface area contributed by atoms with Gasteiger partial charge in [0, 0.05) is 6.54 Å². The summed E-state index contributed by atoms with van der Waals surface area (Å²) in [6, 6.07) is 0. The number of hydrogen-bond acceptors (Lipinski definition) is 3. The normalized spacial score (nSPS) is 18.3. The van der Waals surface area contributed by atoms with Crippen LogP contribution in [0.1, 0.15) is 26.2 Å². The first-order valence-electron chi connectivity index (χ1n) is 5.40. The van der Waals surface area contributed by atoms with Gasteiger partial charge in [-0.1, -0.05) is 19.8 Å². The van der Waals surface area contributed by atoms with Crippen molar-refractivity contribution in [2.75, 3.05) is 27.2 Å². The minimum atomic E-state index is -0.108. The molecular weight excluding hydrogens is 178 g/mol. The van der Waals surface area contributed by atoms with E-state index in [-0.39, 0.29) is 11.9 Å². The largest absolute Gasteiger partial charge is 0.469 e. The maximum Gasteiger partial charge on any atom is 0.309 e. The monoisotopic (exact) mass is 199 g/mol. The Morgan fingerprint density at radius 1 is 1.57 bits per heavy atom. The highest BCUT2D eigenvalue weighted by atomic mass is 16.5. The Kier molecular flexibility index (Phi) is 4.39. The first kappa shape index (κ1) is 11.5. The van der Waals surface area contributed by atoms with Crippen molar-refractivity contribution in [1.82, 2.24) is 4.90 Å². The standard InChI is InChI=1S/C11H21NO2/c1-9(11(13)14-3)8-12(2)7-6-10-4-5-10/h9-10H,4-8H2,1-3H3. The second-order valence-electron chi connectivity index (χ2n) is 4.42. The third kappa shape index (κ3) is 4.09. The summed E-state index contributed by atoms with van der Waals surface area (Å²) >= 11 is 0. The molecule has 1 unspecified atom stereocenters. The third-order valence-corrected chi connectivity index (χ3v) is 2.81. The molecule has 0 aliphatic heterocycles. The van der Waals surface area contributed by atoms with Crippen LogP contribution in [0.4, 0.5) is 0 Å². The van der Waals surface area contributed by atoms with Crippen LogP contribution in [0.5, 0.6) is 0 Å². The van der Waals surface area contributed by atoms with Crippen LogP contribution >= 0.6 is 0 Å². The smallest absolute Gasteiger partial charge is 0.309 e. The van der Waals surface area contributed by atoms with Gasteiger partial charge in [-0.25, -0.2) is 0 Å². The molecule has 0 aromatic heterocycles. The minimum absolute atomic E-state index is 0.01000. The Labute approximate surface area is 86.4 Å². The number of methoxy groups -OCH3 is 1. The van der Waals surface area contributed by atoms with Gasteiger partial charge >= 0.3 is 5.97 Å². The Bertz CT molecular complexity index is 190. The van der Waals surface area contributed by atoms with Crippen LogP contribution in [0.2, 0.25) is 0 Å². The average Bonchev–Trinajstić information content (AvgIpc) is 2.96. The molecule has 1 fully saturated rings. The molecule has 0 spiro atoms. The van der Waals surface area contributed by atoms with E-state index in [1.165, 1.54) is 26.4 Å². The Morgan fingerprint density at radius 3 is 2.71 bits per heavy atom. The van der Waals surface area contributed by atoms with Gasteiger partial charge in [-0.05, 0) is 25.9 Å². The molecule has 0 bridgehead atoms.